The summed E-state index contributed by atoms with van der Waals surface area (Å²) >= 11 is 2.43. The zero-order chi connectivity index (χ0) is 32.8. The predicted molar refractivity (Wildman–Crippen MR) is 165 cm³/mol. The van der Waals surface area contributed by atoms with Crippen molar-refractivity contribution in [3.05, 3.63) is 67.8 Å². The minimum absolute atomic E-state index is 0. The van der Waals surface area contributed by atoms with Crippen LogP contribution in [0.15, 0.2) is 36.4 Å². The van der Waals surface area contributed by atoms with Crippen LogP contribution < -0.4 is 113 Å². The number of halogens is 2. The van der Waals surface area contributed by atoms with Gasteiger partial charge >= 0.3 is 103 Å². The maximum atomic E-state index is 10.6. The van der Waals surface area contributed by atoms with E-state index < -0.39 is 17.0 Å². The van der Waals surface area contributed by atoms with E-state index in [0.29, 0.717) is 12.2 Å². The first-order chi connectivity index (χ1) is 20.0. The molecule has 0 atom stereocenters. The maximum Gasteiger partial charge on any atom is 1.00 e. The van der Waals surface area contributed by atoms with Crippen molar-refractivity contribution in [2.45, 2.75) is 79.1 Å². The molecule has 0 aliphatic rings. The molecule has 0 saturated heterocycles. The Hall–Kier alpha value is 0.203. The Labute approximate surface area is 356 Å². The van der Waals surface area contributed by atoms with Gasteiger partial charge in [0.15, 0.2) is 0 Å². The number of hydrogen-bond donors (Lipinski definition) is 1. The van der Waals surface area contributed by atoms with E-state index in [1.165, 1.54) is 73.6 Å². The number of aromatic hydroxyl groups is 1. The average Bonchev–Trinajstić information content (AvgIpc) is 2.96. The first-order valence-corrected chi connectivity index (χ1v) is 14.5. The Balaban J connectivity index is -0.000000118. The van der Waals surface area contributed by atoms with Crippen molar-refractivity contribution >= 4 is 40.4 Å². The fraction of sp³-hybridized carbons (Fsp3) is 0.536. The van der Waals surface area contributed by atoms with Crippen LogP contribution in [-0.4, -0.2) is 39.6 Å². The van der Waals surface area contributed by atoms with Crippen LogP contribution in [-0.2, 0) is 9.68 Å². The number of aryl methyl sites for hydroxylation is 2. The quantitative estimate of drug-likeness (QED) is 0.0465. The van der Waals surface area contributed by atoms with E-state index in [-0.39, 0.29) is 128 Å². The standard InChI is InChI=1S/C13H19NO3.C7H7NO3.C6H13I.CH3F.CH2O3.2K.H/c1-3-4-5-6-9-17-13-8-7-12(14(15)16)10-11(13)2;1-5-4-6(8(10)11)2-3-7(5)9;1-2-3-4-5-6-7;1-2;2-1-4-3;;;/h7-8,10H,3-6,9H2,1-2H3;2-4,9H,1H3;2-6H2,1H3;1H3;1,3H;;;/q;;;;;2*+1;-1/p-1/i;;;1D;;;;. The summed E-state index contributed by atoms with van der Waals surface area (Å²) in [6, 6.07) is 8.61. The number of carbonyl (C=O) groups excluding carboxylic acids is 1. The third-order valence-electron chi connectivity index (χ3n) is 5.04. The molecule has 15 heteroatoms. The van der Waals surface area contributed by atoms with Gasteiger partial charge in [-0.1, -0.05) is 75.0 Å². The average molecular weight is 778 g/mol. The summed E-state index contributed by atoms with van der Waals surface area (Å²) in [5, 5.41) is 38.2. The third-order valence-corrected chi connectivity index (χ3v) is 5.81. The topological polar surface area (TPSA) is 165 Å². The van der Waals surface area contributed by atoms with Crippen LogP contribution in [0.4, 0.5) is 15.8 Å². The normalized spacial score (nSPS) is 8.95. The molecule has 2 aromatic rings. The second-order valence-corrected chi connectivity index (χ2v) is 9.36. The third kappa shape index (κ3) is 32.0. The van der Waals surface area contributed by atoms with Crippen LogP contribution in [0.5, 0.6) is 11.5 Å². The Kier molecular flexibility index (Phi) is 44.7. The van der Waals surface area contributed by atoms with Gasteiger partial charge < -0.3 is 21.4 Å². The van der Waals surface area contributed by atoms with Gasteiger partial charge in [0.05, 0.1) is 25.0 Å². The van der Waals surface area contributed by atoms with Gasteiger partial charge in [0, 0.05) is 24.3 Å². The molecule has 0 bridgehead atoms. The van der Waals surface area contributed by atoms with Crippen LogP contribution in [0.3, 0.4) is 0 Å². The van der Waals surface area contributed by atoms with Crippen LogP contribution in [0, 0.1) is 34.1 Å². The van der Waals surface area contributed by atoms with E-state index in [2.05, 4.69) is 41.3 Å². The minimum atomic E-state index is -1.00. The second kappa shape index (κ2) is 38.4. The van der Waals surface area contributed by atoms with Crippen LogP contribution in [0.25, 0.3) is 0 Å². The van der Waals surface area contributed by atoms with Crippen molar-refractivity contribution < 1.29 is 145 Å². The fourth-order valence-corrected chi connectivity index (χ4v) is 3.43. The number of alkyl halides is 2. The minimum Gasteiger partial charge on any atom is -1.00 e. The van der Waals surface area contributed by atoms with E-state index in [1.807, 2.05) is 6.92 Å². The molecule has 0 spiro atoms. The number of benzene rings is 2. The van der Waals surface area contributed by atoms with Crippen molar-refractivity contribution in [1.82, 2.24) is 0 Å². The molecule has 0 heterocycles. The summed E-state index contributed by atoms with van der Waals surface area (Å²) in [6.45, 7) is 8.35. The first kappa shape index (κ1) is 50.1. The molecule has 0 saturated carbocycles. The van der Waals surface area contributed by atoms with Crippen LogP contribution in [0.1, 0.15) is 79.1 Å². The molecule has 0 aliphatic carbocycles. The van der Waals surface area contributed by atoms with E-state index in [0.717, 1.165) is 17.7 Å². The van der Waals surface area contributed by atoms with Gasteiger partial charge in [0.2, 0.25) is 0 Å². The molecule has 236 valence electrons. The van der Waals surface area contributed by atoms with Gasteiger partial charge in [0.1, 0.15) is 11.5 Å². The maximum absolute atomic E-state index is 10.6. The molecule has 0 amide bonds. The summed E-state index contributed by atoms with van der Waals surface area (Å²) in [4.78, 5) is 31.1. The number of nitro benzene ring substituents is 2. The summed E-state index contributed by atoms with van der Waals surface area (Å²) in [5.41, 5.74) is 1.44. The number of ether oxygens (including phenoxy) is 1. The Morgan fingerprint density at radius 1 is 0.930 bits per heavy atom. The predicted octanol–water partition coefficient (Wildman–Crippen LogP) is 1.61. The molecule has 2 aromatic carbocycles. The molecule has 0 aromatic heterocycles. The van der Waals surface area contributed by atoms with Crippen molar-refractivity contribution in [3.63, 3.8) is 0 Å². The van der Waals surface area contributed by atoms with Crippen LogP contribution in [0.2, 0.25) is 0 Å². The number of non-ortho nitro benzene ring substituents is 2. The van der Waals surface area contributed by atoms with Gasteiger partial charge in [0.25, 0.3) is 17.8 Å². The van der Waals surface area contributed by atoms with Gasteiger partial charge in [-0.05, 0) is 54.4 Å². The van der Waals surface area contributed by atoms with Gasteiger partial charge in [-0.3, -0.25) is 29.4 Å². The second-order valence-electron chi connectivity index (χ2n) is 8.29. The smallest absolute Gasteiger partial charge is 1.00 e. The summed E-state index contributed by atoms with van der Waals surface area (Å²) in [6.07, 6.45) is 10.2. The first-order valence-electron chi connectivity index (χ1n) is 13.7. The van der Waals surface area contributed by atoms with Crippen molar-refractivity contribution in [2.24, 2.45) is 0 Å². The van der Waals surface area contributed by atoms with Crippen LogP contribution >= 0.6 is 22.6 Å². The SMILES string of the molecule is CCCCCCI.CCCCCCOc1ccc([N+](=O)[O-])cc1C.Cc1cc([N+](=O)[O-])ccc1O.O=CO[O-].[2H]CF.[H-].[K+].[K+]. The number of phenolic OH excluding ortho intramolecular Hbond substituents is 1. The van der Waals surface area contributed by atoms with Crippen molar-refractivity contribution in [1.29, 1.82) is 0 Å². The summed E-state index contributed by atoms with van der Waals surface area (Å²) in [7, 11) is -1.00. The summed E-state index contributed by atoms with van der Waals surface area (Å²) in [5.74, 6) is 0.822. The molecule has 11 nitrogen and oxygen atoms in total. The number of phenols is 1. The Morgan fingerprint density at radius 2 is 1.37 bits per heavy atom. The van der Waals surface area contributed by atoms with Crippen molar-refractivity contribution in [2.75, 3.05) is 18.2 Å². The van der Waals surface area contributed by atoms with E-state index in [4.69, 9.17) is 21.3 Å². The number of hydrogen-bond acceptors (Lipinski definition) is 9. The molecule has 0 aliphatic heterocycles. The van der Waals surface area contributed by atoms with Gasteiger partial charge in [-0.15, -0.1) is 0 Å². The Morgan fingerprint density at radius 3 is 1.74 bits per heavy atom. The largest absolute Gasteiger partial charge is 1.00 e. The molecular weight excluding hydrogens is 732 g/mol. The zero-order valence-corrected chi connectivity index (χ0v) is 34.6. The molecule has 0 fully saturated rings. The van der Waals surface area contributed by atoms with E-state index in [9.17, 15) is 24.6 Å². The molecule has 0 unspecified atom stereocenters. The number of carbonyl (C=O) groups is 1. The molecule has 43 heavy (non-hydrogen) atoms. The molecule has 1 N–H and O–H groups in total. The number of rotatable bonds is 13. The van der Waals surface area contributed by atoms with Gasteiger partial charge in [-0.2, -0.15) is 0 Å². The zero-order valence-electron chi connectivity index (χ0n) is 28.2. The van der Waals surface area contributed by atoms with E-state index in [1.54, 1.807) is 19.1 Å². The number of unbranched alkanes of at least 4 members (excludes halogenated alkanes) is 6. The Bertz CT molecular complexity index is 1000. The molecular formula is C28H44FIK2N2O9. The molecule has 2 rings (SSSR count). The monoisotopic (exact) mass is 777 g/mol. The van der Waals surface area contributed by atoms with Gasteiger partial charge in [-0.25, -0.2) is 0 Å². The van der Waals surface area contributed by atoms with E-state index >= 15 is 0 Å². The number of nitrogens with zero attached hydrogens (tertiary/aromatic N) is 2. The fourth-order valence-electron chi connectivity index (χ4n) is 2.89. The molecule has 0 radical (unpaired) electrons. The van der Waals surface area contributed by atoms with Crippen molar-refractivity contribution in [3.8, 4) is 11.5 Å². The number of nitro groups is 2. The summed E-state index contributed by atoms with van der Waals surface area (Å²) < 4.78 is 22.4.